The first-order chi connectivity index (χ1) is 12.8. The van der Waals surface area contributed by atoms with E-state index in [1.54, 1.807) is 18.3 Å². The van der Waals surface area contributed by atoms with E-state index in [-0.39, 0.29) is 11.4 Å². The van der Waals surface area contributed by atoms with E-state index >= 15 is 0 Å². The molecule has 4 nitrogen and oxygen atoms in total. The van der Waals surface area contributed by atoms with E-state index in [0.717, 1.165) is 5.56 Å². The van der Waals surface area contributed by atoms with Gasteiger partial charge in [-0.25, -0.2) is 5.43 Å². The molecule has 0 unspecified atom stereocenters. The van der Waals surface area contributed by atoms with Crippen molar-refractivity contribution >= 4 is 23.4 Å². The van der Waals surface area contributed by atoms with Gasteiger partial charge < -0.3 is 4.90 Å². The lowest BCUT2D eigenvalue weighted by molar-refractivity contribution is 0.0955. The molecule has 1 heterocycles. The molecule has 1 aliphatic rings. The minimum Gasteiger partial charge on any atom is -0.360 e. The molecule has 1 N–H and O–H groups in total. The van der Waals surface area contributed by atoms with E-state index < -0.39 is 0 Å². The van der Waals surface area contributed by atoms with Crippen LogP contribution in [0.4, 0.5) is 5.69 Å². The summed E-state index contributed by atoms with van der Waals surface area (Å²) in [7, 11) is 0. The van der Waals surface area contributed by atoms with Crippen molar-refractivity contribution in [3.05, 3.63) is 71.3 Å². The summed E-state index contributed by atoms with van der Waals surface area (Å²) < 4.78 is 0. The molecule has 27 heavy (non-hydrogen) atoms. The van der Waals surface area contributed by atoms with Gasteiger partial charge in [0, 0.05) is 22.9 Å². The SMILES string of the molecule is CC1=CC(C)(C)N(C(C)C)c2ccc(/C=N\NC(=O)c3ccccc3)cc21. The number of anilines is 1. The Morgan fingerprint density at radius 1 is 1.15 bits per heavy atom. The highest BCUT2D eigenvalue weighted by atomic mass is 16.2. The number of fused-ring (bicyclic) bond motifs is 1. The first-order valence-electron chi connectivity index (χ1n) is 9.31. The fourth-order valence-corrected chi connectivity index (χ4v) is 3.91. The molecular weight excluding hydrogens is 334 g/mol. The van der Waals surface area contributed by atoms with Crippen LogP contribution >= 0.6 is 0 Å². The van der Waals surface area contributed by atoms with Crippen molar-refractivity contribution in [3.63, 3.8) is 0 Å². The van der Waals surface area contributed by atoms with Crippen LogP contribution < -0.4 is 10.3 Å². The van der Waals surface area contributed by atoms with Crippen LogP contribution in [0.1, 0.15) is 56.1 Å². The van der Waals surface area contributed by atoms with Gasteiger partial charge in [0.15, 0.2) is 0 Å². The number of hydrogen-bond donors (Lipinski definition) is 1. The van der Waals surface area contributed by atoms with Gasteiger partial charge in [-0.05, 0) is 70.0 Å². The predicted molar refractivity (Wildman–Crippen MR) is 113 cm³/mol. The minimum absolute atomic E-state index is 0.0233. The number of nitrogens with one attached hydrogen (secondary N) is 1. The molecule has 0 radical (unpaired) electrons. The molecule has 0 atom stereocenters. The summed E-state index contributed by atoms with van der Waals surface area (Å²) in [5, 5.41) is 4.12. The quantitative estimate of drug-likeness (QED) is 0.624. The topological polar surface area (TPSA) is 44.7 Å². The van der Waals surface area contributed by atoms with Crippen molar-refractivity contribution in [1.82, 2.24) is 5.43 Å². The summed E-state index contributed by atoms with van der Waals surface area (Å²) in [6, 6.07) is 15.8. The van der Waals surface area contributed by atoms with E-state index in [1.807, 2.05) is 24.3 Å². The molecule has 0 spiro atoms. The van der Waals surface area contributed by atoms with Gasteiger partial charge >= 0.3 is 0 Å². The molecule has 2 aromatic carbocycles. The largest absolute Gasteiger partial charge is 0.360 e. The van der Waals surface area contributed by atoms with Crippen LogP contribution in [-0.2, 0) is 0 Å². The average molecular weight is 361 g/mol. The lowest BCUT2D eigenvalue weighted by Gasteiger charge is -2.46. The normalized spacial score (nSPS) is 15.6. The second kappa shape index (κ2) is 7.39. The molecule has 0 aliphatic carbocycles. The molecular formula is C23H27N3O. The zero-order valence-electron chi connectivity index (χ0n) is 16.7. The molecule has 0 saturated heterocycles. The van der Waals surface area contributed by atoms with Crippen LogP contribution in [0.5, 0.6) is 0 Å². The number of carbonyl (C=O) groups excluding carboxylic acids is 1. The molecule has 140 valence electrons. The summed E-state index contributed by atoms with van der Waals surface area (Å²) in [5.41, 5.74) is 7.81. The van der Waals surface area contributed by atoms with Gasteiger partial charge in [0.25, 0.3) is 5.91 Å². The predicted octanol–water partition coefficient (Wildman–Crippen LogP) is 4.86. The van der Waals surface area contributed by atoms with Crippen molar-refractivity contribution in [2.75, 3.05) is 4.90 Å². The Labute approximate surface area is 161 Å². The molecule has 0 fully saturated rings. The van der Waals surface area contributed by atoms with Crippen LogP contribution in [0.15, 0.2) is 59.7 Å². The number of amides is 1. The first kappa shape index (κ1) is 18.9. The molecule has 2 aromatic rings. The summed E-state index contributed by atoms with van der Waals surface area (Å²) >= 11 is 0. The number of allylic oxidation sites excluding steroid dienone is 1. The van der Waals surface area contributed by atoms with E-state index in [1.165, 1.54) is 16.8 Å². The van der Waals surface area contributed by atoms with Crippen molar-refractivity contribution < 1.29 is 4.79 Å². The Morgan fingerprint density at radius 3 is 2.52 bits per heavy atom. The summed E-state index contributed by atoms with van der Waals surface area (Å²) in [5.74, 6) is -0.214. The molecule has 3 rings (SSSR count). The highest BCUT2D eigenvalue weighted by molar-refractivity contribution is 5.95. The van der Waals surface area contributed by atoms with E-state index in [4.69, 9.17) is 0 Å². The van der Waals surface area contributed by atoms with Gasteiger partial charge in [0.05, 0.1) is 11.8 Å². The maximum Gasteiger partial charge on any atom is 0.271 e. The monoisotopic (exact) mass is 361 g/mol. The van der Waals surface area contributed by atoms with Crippen molar-refractivity contribution in [2.45, 2.75) is 46.2 Å². The van der Waals surface area contributed by atoms with Crippen molar-refractivity contribution in [1.29, 1.82) is 0 Å². The maximum absolute atomic E-state index is 12.1. The molecule has 0 bridgehead atoms. The lowest BCUT2D eigenvalue weighted by atomic mass is 9.87. The fourth-order valence-electron chi connectivity index (χ4n) is 3.91. The smallest absolute Gasteiger partial charge is 0.271 e. The zero-order chi connectivity index (χ0) is 19.6. The Hall–Kier alpha value is -2.88. The van der Waals surface area contributed by atoms with Crippen LogP contribution in [0.2, 0.25) is 0 Å². The number of benzene rings is 2. The van der Waals surface area contributed by atoms with Crippen LogP contribution in [0, 0.1) is 0 Å². The Kier molecular flexibility index (Phi) is 5.17. The zero-order valence-corrected chi connectivity index (χ0v) is 16.7. The molecule has 1 amide bonds. The highest BCUT2D eigenvalue weighted by Gasteiger charge is 2.32. The van der Waals surface area contributed by atoms with Gasteiger partial charge in [0.2, 0.25) is 0 Å². The maximum atomic E-state index is 12.1. The number of hydrogen-bond acceptors (Lipinski definition) is 3. The van der Waals surface area contributed by atoms with Crippen LogP contribution in [-0.4, -0.2) is 23.7 Å². The molecule has 1 aliphatic heterocycles. The number of hydrazone groups is 1. The molecule has 0 aromatic heterocycles. The molecule has 4 heteroatoms. The van der Waals surface area contributed by atoms with Gasteiger partial charge in [-0.1, -0.05) is 30.3 Å². The second-order valence-electron chi connectivity index (χ2n) is 7.79. The Bertz CT molecular complexity index is 895. The van der Waals surface area contributed by atoms with Gasteiger partial charge in [-0.2, -0.15) is 5.10 Å². The number of nitrogens with zero attached hydrogens (tertiary/aromatic N) is 2. The van der Waals surface area contributed by atoms with Gasteiger partial charge in [-0.15, -0.1) is 0 Å². The third kappa shape index (κ3) is 3.95. The van der Waals surface area contributed by atoms with Gasteiger partial charge in [0.1, 0.15) is 0 Å². The number of carbonyl (C=O) groups is 1. The lowest BCUT2D eigenvalue weighted by Crippen LogP contribution is -2.49. The van der Waals surface area contributed by atoms with E-state index in [0.29, 0.717) is 11.6 Å². The summed E-state index contributed by atoms with van der Waals surface area (Å²) in [6.45, 7) is 11.1. The van der Waals surface area contributed by atoms with E-state index in [2.05, 4.69) is 68.3 Å². The Morgan fingerprint density at radius 2 is 1.85 bits per heavy atom. The van der Waals surface area contributed by atoms with Crippen molar-refractivity contribution in [3.8, 4) is 0 Å². The van der Waals surface area contributed by atoms with Gasteiger partial charge in [-0.3, -0.25) is 4.79 Å². The van der Waals surface area contributed by atoms with E-state index in [9.17, 15) is 4.79 Å². The van der Waals surface area contributed by atoms with Crippen LogP contribution in [0.3, 0.4) is 0 Å². The molecule has 0 saturated carbocycles. The fraction of sp³-hybridized carbons (Fsp3) is 0.304. The first-order valence-corrected chi connectivity index (χ1v) is 9.31. The van der Waals surface area contributed by atoms with Crippen LogP contribution in [0.25, 0.3) is 5.57 Å². The standard InChI is InChI=1S/C23H27N3O/c1-16(2)26-21-12-11-18(13-20(21)17(3)14-23(26,4)5)15-24-25-22(27)19-9-7-6-8-10-19/h6-16H,1-5H3,(H,25,27)/b24-15-. The third-order valence-corrected chi connectivity index (χ3v) is 4.83. The summed E-state index contributed by atoms with van der Waals surface area (Å²) in [4.78, 5) is 14.5. The third-order valence-electron chi connectivity index (χ3n) is 4.83. The number of rotatable bonds is 4. The average Bonchev–Trinajstić information content (AvgIpc) is 2.61. The Balaban J connectivity index is 1.82. The highest BCUT2D eigenvalue weighted by Crippen LogP contribution is 2.40. The van der Waals surface area contributed by atoms with Crippen molar-refractivity contribution in [2.24, 2.45) is 5.10 Å². The minimum atomic E-state index is -0.214. The second-order valence-corrected chi connectivity index (χ2v) is 7.79. The summed E-state index contributed by atoms with van der Waals surface area (Å²) in [6.07, 6.45) is 4.00.